The maximum Gasteiger partial charge on any atom is 0.202 e. The Morgan fingerprint density at radius 1 is 0.741 bits per heavy atom. The number of rotatable bonds is 1. The molecule has 0 unspecified atom stereocenters. The summed E-state index contributed by atoms with van der Waals surface area (Å²) in [6.07, 6.45) is 0. The highest BCUT2D eigenvalue weighted by Crippen LogP contribution is 2.27. The molecule has 2 saturated heterocycles. The minimum Gasteiger partial charge on any atom is -0.340 e. The highest BCUT2D eigenvalue weighted by atomic mass is 15.4. The van der Waals surface area contributed by atoms with Gasteiger partial charge in [0.25, 0.3) is 0 Å². The van der Waals surface area contributed by atoms with Crippen molar-refractivity contribution >= 4 is 22.4 Å². The molecule has 0 aromatic heterocycles. The minimum absolute atomic E-state index is 1.05. The number of nitrogens with zero attached hydrogens (tertiary/aromatic N) is 5. The number of aliphatic imine (C=N–C) groups is 1. The number of likely N-dealkylation sites (N-methyl/N-ethyl adjacent to an activating group) is 2. The van der Waals surface area contributed by atoms with Gasteiger partial charge >= 0.3 is 0 Å². The summed E-state index contributed by atoms with van der Waals surface area (Å²) >= 11 is 0. The van der Waals surface area contributed by atoms with Gasteiger partial charge in [-0.1, -0.05) is 24.3 Å². The molecule has 0 saturated carbocycles. The summed E-state index contributed by atoms with van der Waals surface area (Å²) in [5, 5.41) is 2.55. The van der Waals surface area contributed by atoms with Crippen LogP contribution in [0.2, 0.25) is 0 Å². The molecule has 2 aromatic carbocycles. The molecule has 0 N–H and O–H groups in total. The first kappa shape index (κ1) is 18.3. The fourth-order valence-electron chi connectivity index (χ4n) is 3.92. The van der Waals surface area contributed by atoms with Gasteiger partial charge in [-0.2, -0.15) is 0 Å². The average Bonchev–Trinajstić information content (AvgIpc) is 2.68. The average molecular weight is 366 g/mol. The predicted octanol–water partition coefficient (Wildman–Crippen LogP) is 2.63. The summed E-state index contributed by atoms with van der Waals surface area (Å²) in [4.78, 5) is 15.0. The number of hydrogen-bond donors (Lipinski definition) is 0. The van der Waals surface area contributed by atoms with Crippen molar-refractivity contribution in [3.05, 3.63) is 42.0 Å². The highest BCUT2D eigenvalue weighted by molar-refractivity contribution is 5.89. The van der Waals surface area contributed by atoms with Crippen molar-refractivity contribution in [1.82, 2.24) is 19.6 Å². The highest BCUT2D eigenvalue weighted by Gasteiger charge is 2.25. The van der Waals surface area contributed by atoms with Crippen LogP contribution in [0.3, 0.4) is 0 Å². The van der Waals surface area contributed by atoms with E-state index in [0.717, 1.165) is 64.0 Å². The summed E-state index contributed by atoms with van der Waals surface area (Å²) in [6, 6.07) is 13.1. The molecule has 0 spiro atoms. The van der Waals surface area contributed by atoms with Crippen LogP contribution in [0.25, 0.3) is 10.8 Å². The van der Waals surface area contributed by atoms with Crippen molar-refractivity contribution in [2.75, 3.05) is 66.5 Å². The number of piperazine rings is 2. The largest absolute Gasteiger partial charge is 0.340 e. The van der Waals surface area contributed by atoms with E-state index < -0.39 is 0 Å². The Morgan fingerprint density at radius 3 is 1.74 bits per heavy atom. The number of guanidine groups is 1. The molecular formula is C22H31N5. The van der Waals surface area contributed by atoms with Crippen LogP contribution in [-0.4, -0.2) is 92.0 Å². The molecule has 0 radical (unpaired) electrons. The molecule has 27 heavy (non-hydrogen) atoms. The smallest absolute Gasteiger partial charge is 0.202 e. The molecule has 5 nitrogen and oxygen atoms in total. The lowest BCUT2D eigenvalue weighted by Gasteiger charge is -2.42. The molecule has 144 valence electrons. The molecule has 4 rings (SSSR count). The predicted molar refractivity (Wildman–Crippen MR) is 114 cm³/mol. The summed E-state index contributed by atoms with van der Waals surface area (Å²) in [5.74, 6) is 1.16. The van der Waals surface area contributed by atoms with Gasteiger partial charge in [0.2, 0.25) is 5.96 Å². The fraction of sp³-hybridized carbons (Fsp3) is 0.500. The molecule has 0 amide bonds. The van der Waals surface area contributed by atoms with E-state index in [1.54, 1.807) is 0 Å². The van der Waals surface area contributed by atoms with Crippen molar-refractivity contribution < 1.29 is 0 Å². The van der Waals surface area contributed by atoms with Crippen LogP contribution >= 0.6 is 0 Å². The van der Waals surface area contributed by atoms with Crippen molar-refractivity contribution in [3.63, 3.8) is 0 Å². The fourth-order valence-corrected chi connectivity index (χ4v) is 3.92. The van der Waals surface area contributed by atoms with Gasteiger partial charge in [-0.3, -0.25) is 0 Å². The van der Waals surface area contributed by atoms with E-state index in [1.807, 2.05) is 0 Å². The van der Waals surface area contributed by atoms with E-state index in [9.17, 15) is 0 Å². The van der Waals surface area contributed by atoms with Gasteiger partial charge in [-0.25, -0.2) is 4.99 Å². The van der Waals surface area contributed by atoms with Crippen molar-refractivity contribution in [3.8, 4) is 0 Å². The van der Waals surface area contributed by atoms with Crippen LogP contribution < -0.4 is 0 Å². The van der Waals surface area contributed by atoms with Crippen molar-refractivity contribution in [2.24, 2.45) is 4.99 Å². The topological polar surface area (TPSA) is 25.3 Å². The lowest BCUT2D eigenvalue weighted by Crippen LogP contribution is -2.56. The van der Waals surface area contributed by atoms with Gasteiger partial charge in [0.1, 0.15) is 0 Å². The van der Waals surface area contributed by atoms with Gasteiger partial charge in [0, 0.05) is 52.4 Å². The molecule has 5 heteroatoms. The Kier molecular flexibility index (Phi) is 5.32. The van der Waals surface area contributed by atoms with E-state index in [0.29, 0.717) is 0 Å². The number of aryl methyl sites for hydroxylation is 1. The van der Waals surface area contributed by atoms with Crippen LogP contribution in [0.5, 0.6) is 0 Å². The standard InChI is InChI=1S/C22H31N5/c1-18-16-19-6-4-5-7-20(19)17-21(18)23-22(26-12-8-24(2)9-13-26)27-14-10-25(3)11-15-27/h4-7,16-17H,8-15H2,1-3H3. The van der Waals surface area contributed by atoms with Crippen LogP contribution in [-0.2, 0) is 0 Å². The summed E-state index contributed by atoms with van der Waals surface area (Å²) in [5.41, 5.74) is 2.34. The van der Waals surface area contributed by atoms with E-state index in [1.165, 1.54) is 16.3 Å². The van der Waals surface area contributed by atoms with Gasteiger partial charge in [0.05, 0.1) is 5.69 Å². The Balaban J connectivity index is 1.70. The zero-order valence-corrected chi connectivity index (χ0v) is 16.9. The van der Waals surface area contributed by atoms with Crippen LogP contribution in [0.4, 0.5) is 5.69 Å². The number of hydrogen-bond acceptors (Lipinski definition) is 3. The number of benzene rings is 2. The van der Waals surface area contributed by atoms with Crippen LogP contribution in [0.15, 0.2) is 41.4 Å². The Labute approximate surface area is 162 Å². The molecular weight excluding hydrogens is 334 g/mol. The lowest BCUT2D eigenvalue weighted by molar-refractivity contribution is 0.168. The molecule has 0 bridgehead atoms. The molecule has 2 aliphatic heterocycles. The normalized spacial score (nSPS) is 19.5. The monoisotopic (exact) mass is 365 g/mol. The van der Waals surface area contributed by atoms with Gasteiger partial charge in [0.15, 0.2) is 0 Å². The van der Waals surface area contributed by atoms with E-state index >= 15 is 0 Å². The first-order valence-corrected chi connectivity index (χ1v) is 10.1. The maximum absolute atomic E-state index is 5.24. The number of fused-ring (bicyclic) bond motifs is 1. The first-order valence-electron chi connectivity index (χ1n) is 10.1. The third kappa shape index (κ3) is 4.09. The van der Waals surface area contributed by atoms with Crippen LogP contribution in [0.1, 0.15) is 5.56 Å². The second kappa shape index (κ2) is 7.87. The van der Waals surface area contributed by atoms with E-state index in [2.05, 4.69) is 77.0 Å². The summed E-state index contributed by atoms with van der Waals surface area (Å²) in [7, 11) is 4.41. The van der Waals surface area contributed by atoms with Gasteiger partial charge < -0.3 is 19.6 Å². The van der Waals surface area contributed by atoms with E-state index in [4.69, 9.17) is 4.99 Å². The van der Waals surface area contributed by atoms with Crippen molar-refractivity contribution in [1.29, 1.82) is 0 Å². The molecule has 0 atom stereocenters. The zero-order valence-electron chi connectivity index (χ0n) is 16.9. The third-order valence-corrected chi connectivity index (χ3v) is 5.86. The summed E-state index contributed by atoms with van der Waals surface area (Å²) in [6.45, 7) is 10.8. The third-order valence-electron chi connectivity index (χ3n) is 5.86. The zero-order chi connectivity index (χ0) is 18.8. The van der Waals surface area contributed by atoms with Crippen LogP contribution in [0, 0.1) is 6.92 Å². The SMILES string of the molecule is Cc1cc2ccccc2cc1N=C(N1CCN(C)CC1)N1CCN(C)CC1. The Bertz CT molecular complexity index is 791. The second-order valence-electron chi connectivity index (χ2n) is 7.98. The quantitative estimate of drug-likeness (QED) is 0.573. The first-order chi connectivity index (χ1) is 13.1. The molecule has 2 aliphatic rings. The van der Waals surface area contributed by atoms with Crippen molar-refractivity contribution in [2.45, 2.75) is 6.92 Å². The summed E-state index contributed by atoms with van der Waals surface area (Å²) < 4.78 is 0. The molecule has 0 aliphatic carbocycles. The lowest BCUT2D eigenvalue weighted by atomic mass is 10.1. The Morgan fingerprint density at radius 2 is 1.22 bits per heavy atom. The minimum atomic E-state index is 1.05. The maximum atomic E-state index is 5.24. The molecule has 2 heterocycles. The Hall–Kier alpha value is -2.11. The van der Waals surface area contributed by atoms with Gasteiger partial charge in [-0.15, -0.1) is 0 Å². The molecule has 2 fully saturated rings. The van der Waals surface area contributed by atoms with E-state index in [-0.39, 0.29) is 0 Å². The van der Waals surface area contributed by atoms with Gasteiger partial charge in [-0.05, 0) is 49.5 Å². The second-order valence-corrected chi connectivity index (χ2v) is 7.98. The molecule has 2 aromatic rings.